The van der Waals surface area contributed by atoms with Crippen molar-refractivity contribution in [2.24, 2.45) is 7.05 Å². The van der Waals surface area contributed by atoms with Gasteiger partial charge in [0.2, 0.25) is 5.91 Å². The van der Waals surface area contributed by atoms with Gasteiger partial charge in [-0.3, -0.25) is 9.48 Å². The highest BCUT2D eigenvalue weighted by atomic mass is 19.1. The number of halogens is 1. The summed E-state index contributed by atoms with van der Waals surface area (Å²) in [5.41, 5.74) is 3.40. The number of benzene rings is 2. The lowest BCUT2D eigenvalue weighted by atomic mass is 9.98. The van der Waals surface area contributed by atoms with Crippen molar-refractivity contribution in [3.8, 4) is 17.2 Å². The summed E-state index contributed by atoms with van der Waals surface area (Å²) in [7, 11) is 1.85. The largest absolute Gasteiger partial charge is 0.309 e. The molecule has 0 bridgehead atoms. The van der Waals surface area contributed by atoms with E-state index in [0.717, 1.165) is 22.3 Å². The van der Waals surface area contributed by atoms with Gasteiger partial charge in [-0.05, 0) is 41.3 Å². The molecule has 7 nitrogen and oxygen atoms in total. The first kappa shape index (κ1) is 23.8. The number of carbonyl (C=O) groups is 1. The van der Waals surface area contributed by atoms with Crippen LogP contribution in [-0.2, 0) is 11.8 Å². The summed E-state index contributed by atoms with van der Waals surface area (Å²) in [5, 5.41) is 19.3. The van der Waals surface area contributed by atoms with Crippen LogP contribution in [0, 0.1) is 17.1 Å². The molecular weight excluding hydrogens is 443 g/mol. The number of nitrogens with one attached hydrogen (secondary N) is 2. The predicted molar refractivity (Wildman–Crippen MR) is 132 cm³/mol. The first-order valence-corrected chi connectivity index (χ1v) is 11.2. The number of carbonyl (C=O) groups excluding carboxylic acids is 1. The molecule has 0 saturated carbocycles. The van der Waals surface area contributed by atoms with E-state index in [1.807, 2.05) is 62.6 Å². The summed E-state index contributed by atoms with van der Waals surface area (Å²) < 4.78 is 15.8. The number of pyridine rings is 1. The summed E-state index contributed by atoms with van der Waals surface area (Å²) in [5.74, 6) is -0.452. The standard InChI is InChI=1S/C27H25FN6O/c1-18(20-8-9-21(13-29)24(28)12-20)14-31-26(19-6-4-3-5-7-19)27(35)33-25-11-10-22(15-30-25)23-16-32-34(2)17-23/h3-12,15-18,26,31H,14H2,1-2H3,(H,30,33,35)/t18-,26?/m1/s1. The molecule has 2 heterocycles. The maximum Gasteiger partial charge on any atom is 0.247 e. The minimum absolute atomic E-state index is 0.0116. The summed E-state index contributed by atoms with van der Waals surface area (Å²) in [6, 6.07) is 18.8. The zero-order chi connectivity index (χ0) is 24.8. The van der Waals surface area contributed by atoms with Gasteiger partial charge in [0.05, 0.1) is 11.8 Å². The van der Waals surface area contributed by atoms with E-state index >= 15 is 0 Å². The zero-order valence-electron chi connectivity index (χ0n) is 19.4. The van der Waals surface area contributed by atoms with Crippen LogP contribution in [0.25, 0.3) is 11.1 Å². The fraction of sp³-hybridized carbons (Fsp3) is 0.185. The summed E-state index contributed by atoms with van der Waals surface area (Å²) in [6.07, 6.45) is 5.34. The lowest BCUT2D eigenvalue weighted by molar-refractivity contribution is -0.118. The smallest absolute Gasteiger partial charge is 0.247 e. The minimum atomic E-state index is -0.637. The number of hydrogen-bond donors (Lipinski definition) is 2. The van der Waals surface area contributed by atoms with Crippen molar-refractivity contribution in [1.29, 1.82) is 5.26 Å². The Morgan fingerprint density at radius 1 is 1.09 bits per heavy atom. The van der Waals surface area contributed by atoms with Gasteiger partial charge in [-0.1, -0.05) is 43.3 Å². The Hall–Kier alpha value is -4.35. The molecule has 2 aromatic heterocycles. The van der Waals surface area contributed by atoms with Crippen LogP contribution in [0.15, 0.2) is 79.3 Å². The number of nitrogens with zero attached hydrogens (tertiary/aromatic N) is 4. The van der Waals surface area contributed by atoms with Crippen molar-refractivity contribution >= 4 is 11.7 Å². The van der Waals surface area contributed by atoms with E-state index in [4.69, 9.17) is 5.26 Å². The van der Waals surface area contributed by atoms with Crippen LogP contribution < -0.4 is 10.6 Å². The van der Waals surface area contributed by atoms with Gasteiger partial charge < -0.3 is 10.6 Å². The van der Waals surface area contributed by atoms with E-state index in [1.165, 1.54) is 12.1 Å². The van der Waals surface area contributed by atoms with Crippen molar-refractivity contribution in [1.82, 2.24) is 20.1 Å². The van der Waals surface area contributed by atoms with Crippen LogP contribution in [-0.4, -0.2) is 27.2 Å². The van der Waals surface area contributed by atoms with E-state index in [2.05, 4.69) is 20.7 Å². The maximum atomic E-state index is 14.1. The Bertz CT molecular complexity index is 1340. The van der Waals surface area contributed by atoms with Gasteiger partial charge in [-0.25, -0.2) is 9.37 Å². The second kappa shape index (κ2) is 10.7. The molecule has 4 rings (SSSR count). The van der Waals surface area contributed by atoms with Crippen molar-refractivity contribution in [2.75, 3.05) is 11.9 Å². The summed E-state index contributed by atoms with van der Waals surface area (Å²) in [4.78, 5) is 17.6. The Kier molecular flexibility index (Phi) is 7.29. The fourth-order valence-electron chi connectivity index (χ4n) is 3.76. The number of anilines is 1. The quantitative estimate of drug-likeness (QED) is 0.395. The van der Waals surface area contributed by atoms with E-state index in [-0.39, 0.29) is 17.4 Å². The molecule has 4 aromatic rings. The minimum Gasteiger partial charge on any atom is -0.309 e. The van der Waals surface area contributed by atoms with Crippen LogP contribution in [0.3, 0.4) is 0 Å². The highest BCUT2D eigenvalue weighted by molar-refractivity contribution is 5.95. The first-order chi connectivity index (χ1) is 16.9. The van der Waals surface area contributed by atoms with E-state index in [0.29, 0.717) is 12.4 Å². The van der Waals surface area contributed by atoms with Crippen LogP contribution >= 0.6 is 0 Å². The van der Waals surface area contributed by atoms with Gasteiger partial charge >= 0.3 is 0 Å². The number of aryl methyl sites for hydroxylation is 1. The highest BCUT2D eigenvalue weighted by Gasteiger charge is 2.22. The van der Waals surface area contributed by atoms with Crippen LogP contribution in [0.1, 0.15) is 35.6 Å². The van der Waals surface area contributed by atoms with Crippen molar-refractivity contribution in [3.63, 3.8) is 0 Å². The topological polar surface area (TPSA) is 95.6 Å². The molecule has 2 atom stereocenters. The molecule has 0 fully saturated rings. The second-order valence-electron chi connectivity index (χ2n) is 8.33. The van der Waals surface area contributed by atoms with E-state index < -0.39 is 11.9 Å². The number of nitriles is 1. The molecule has 0 saturated heterocycles. The Morgan fingerprint density at radius 3 is 2.51 bits per heavy atom. The average molecular weight is 469 g/mol. The molecule has 2 aromatic carbocycles. The lowest BCUT2D eigenvalue weighted by Gasteiger charge is -2.21. The Morgan fingerprint density at radius 2 is 1.89 bits per heavy atom. The number of rotatable bonds is 8. The van der Waals surface area contributed by atoms with Crippen molar-refractivity contribution < 1.29 is 9.18 Å². The molecule has 0 aliphatic rings. The third-order valence-electron chi connectivity index (χ3n) is 5.76. The summed E-state index contributed by atoms with van der Waals surface area (Å²) in [6.45, 7) is 2.36. The molecule has 8 heteroatoms. The lowest BCUT2D eigenvalue weighted by Crippen LogP contribution is -2.35. The zero-order valence-corrected chi connectivity index (χ0v) is 19.4. The Balaban J connectivity index is 1.47. The van der Waals surface area contributed by atoms with Gasteiger partial charge in [-0.15, -0.1) is 0 Å². The molecule has 0 aliphatic carbocycles. The molecule has 35 heavy (non-hydrogen) atoms. The molecule has 2 N–H and O–H groups in total. The molecule has 0 aliphatic heterocycles. The van der Waals surface area contributed by atoms with Crippen LogP contribution in [0.4, 0.5) is 10.2 Å². The van der Waals surface area contributed by atoms with Gasteiger partial charge in [-0.2, -0.15) is 10.4 Å². The monoisotopic (exact) mass is 468 g/mol. The molecule has 176 valence electrons. The second-order valence-corrected chi connectivity index (χ2v) is 8.33. The molecule has 0 spiro atoms. The van der Waals surface area contributed by atoms with Crippen LogP contribution in [0.5, 0.6) is 0 Å². The number of aromatic nitrogens is 3. The average Bonchev–Trinajstić information content (AvgIpc) is 3.31. The van der Waals surface area contributed by atoms with E-state index in [9.17, 15) is 9.18 Å². The normalized spacial score (nSPS) is 12.5. The van der Waals surface area contributed by atoms with Crippen LogP contribution in [0.2, 0.25) is 0 Å². The van der Waals surface area contributed by atoms with Gasteiger partial charge in [0.25, 0.3) is 0 Å². The van der Waals surface area contributed by atoms with Crippen molar-refractivity contribution in [2.45, 2.75) is 18.9 Å². The SMILES string of the molecule is C[C@H](CNC(C(=O)Nc1ccc(-c2cnn(C)c2)cn1)c1ccccc1)c1ccc(C#N)c(F)c1. The highest BCUT2D eigenvalue weighted by Crippen LogP contribution is 2.22. The Labute approximate surface area is 203 Å². The molecular formula is C27H25FN6O. The van der Waals surface area contributed by atoms with Gasteiger partial charge in [0, 0.05) is 37.1 Å². The number of hydrogen-bond acceptors (Lipinski definition) is 5. The first-order valence-electron chi connectivity index (χ1n) is 11.2. The van der Waals surface area contributed by atoms with Gasteiger partial charge in [0.1, 0.15) is 23.7 Å². The fourth-order valence-corrected chi connectivity index (χ4v) is 3.76. The third-order valence-corrected chi connectivity index (χ3v) is 5.76. The van der Waals surface area contributed by atoms with Gasteiger partial charge in [0.15, 0.2) is 0 Å². The number of amides is 1. The maximum absolute atomic E-state index is 14.1. The van der Waals surface area contributed by atoms with E-state index in [1.54, 1.807) is 29.2 Å². The molecule has 1 unspecified atom stereocenters. The molecule has 1 amide bonds. The van der Waals surface area contributed by atoms with Crippen molar-refractivity contribution in [3.05, 3.63) is 102 Å². The third kappa shape index (κ3) is 5.78. The molecule has 0 radical (unpaired) electrons. The summed E-state index contributed by atoms with van der Waals surface area (Å²) >= 11 is 0. The predicted octanol–water partition coefficient (Wildman–Crippen LogP) is 4.57.